The monoisotopic (exact) mass is 474 g/mol. The standard InChI is InChI=1S/C27H46O3Si2/c1-17-14-18-15-19(28)16-21(18)27(30-31(7,8)9)13-12-20-22(26(20,5)6)23(27)24(17)29-32(10,11)25(2,3)4/h14,16-17,20,22-24H,12-13,15H2,1-11H3/t17-,20-,22-,23-,24-,27+/m1/s1. The number of ketones is 1. The van der Waals surface area contributed by atoms with E-state index in [9.17, 15) is 4.79 Å². The van der Waals surface area contributed by atoms with Crippen molar-refractivity contribution in [2.24, 2.45) is 29.1 Å². The molecule has 3 nitrogen and oxygen atoms in total. The van der Waals surface area contributed by atoms with E-state index in [-0.39, 0.29) is 28.4 Å². The molecule has 2 fully saturated rings. The lowest BCUT2D eigenvalue weighted by Gasteiger charge is -2.53. The zero-order valence-electron chi connectivity index (χ0n) is 22.4. The average molecular weight is 475 g/mol. The minimum atomic E-state index is -1.99. The van der Waals surface area contributed by atoms with E-state index >= 15 is 0 Å². The smallest absolute Gasteiger partial charge is 0.192 e. The van der Waals surface area contributed by atoms with Crippen LogP contribution in [-0.4, -0.2) is 34.1 Å². The van der Waals surface area contributed by atoms with Gasteiger partial charge in [-0.05, 0) is 91.0 Å². The van der Waals surface area contributed by atoms with Crippen LogP contribution in [0.2, 0.25) is 37.8 Å². The van der Waals surface area contributed by atoms with Crippen molar-refractivity contribution in [3.05, 3.63) is 23.3 Å². The lowest BCUT2D eigenvalue weighted by molar-refractivity contribution is -0.113. The third kappa shape index (κ3) is 3.79. The maximum atomic E-state index is 12.7. The van der Waals surface area contributed by atoms with Gasteiger partial charge in [0.05, 0.1) is 11.7 Å². The van der Waals surface area contributed by atoms with Crippen LogP contribution in [-0.2, 0) is 13.6 Å². The fourth-order valence-corrected chi connectivity index (χ4v) is 9.79. The van der Waals surface area contributed by atoms with Gasteiger partial charge < -0.3 is 8.85 Å². The van der Waals surface area contributed by atoms with Gasteiger partial charge in [-0.15, -0.1) is 0 Å². The predicted octanol–water partition coefficient (Wildman–Crippen LogP) is 7.12. The molecule has 5 heteroatoms. The maximum absolute atomic E-state index is 12.7. The van der Waals surface area contributed by atoms with Crippen molar-refractivity contribution in [2.75, 3.05) is 0 Å². The Bertz CT molecular complexity index is 870. The number of fused-ring (bicyclic) bond motifs is 5. The third-order valence-corrected chi connectivity index (χ3v) is 14.9. The second-order valence-corrected chi connectivity index (χ2v) is 23.4. The summed E-state index contributed by atoms with van der Waals surface area (Å²) >= 11 is 0. The molecule has 0 bridgehead atoms. The predicted molar refractivity (Wildman–Crippen MR) is 138 cm³/mol. The first-order valence-corrected chi connectivity index (χ1v) is 19.1. The first-order chi connectivity index (χ1) is 14.4. The van der Waals surface area contributed by atoms with Gasteiger partial charge in [-0.25, -0.2) is 0 Å². The molecular formula is C27H46O3Si2. The van der Waals surface area contributed by atoms with E-state index in [0.29, 0.717) is 23.7 Å². The average Bonchev–Trinajstić information content (AvgIpc) is 2.97. The van der Waals surface area contributed by atoms with E-state index in [0.717, 1.165) is 12.3 Å². The van der Waals surface area contributed by atoms with Crippen LogP contribution in [0.25, 0.3) is 0 Å². The summed E-state index contributed by atoms with van der Waals surface area (Å²) in [6, 6.07) is 0. The molecule has 4 aliphatic rings. The number of hydrogen-bond donors (Lipinski definition) is 0. The van der Waals surface area contributed by atoms with Crippen molar-refractivity contribution >= 4 is 22.4 Å². The van der Waals surface area contributed by atoms with Gasteiger partial charge in [0, 0.05) is 12.3 Å². The van der Waals surface area contributed by atoms with Crippen molar-refractivity contribution in [2.45, 2.75) is 110 Å². The molecule has 0 unspecified atom stereocenters. The van der Waals surface area contributed by atoms with E-state index in [1.54, 1.807) is 0 Å². The number of carbonyl (C=O) groups excluding carboxylic acids is 1. The third-order valence-electron chi connectivity index (χ3n) is 9.42. The Labute approximate surface area is 198 Å². The van der Waals surface area contributed by atoms with Gasteiger partial charge >= 0.3 is 0 Å². The van der Waals surface area contributed by atoms with E-state index in [2.05, 4.69) is 80.4 Å². The molecule has 0 aliphatic heterocycles. The highest BCUT2D eigenvalue weighted by molar-refractivity contribution is 6.74. The van der Waals surface area contributed by atoms with E-state index in [1.807, 2.05) is 6.08 Å². The molecule has 6 atom stereocenters. The van der Waals surface area contributed by atoms with Crippen LogP contribution in [0.15, 0.2) is 23.3 Å². The summed E-state index contributed by atoms with van der Waals surface area (Å²) in [6.07, 6.45) is 7.22. The highest BCUT2D eigenvalue weighted by Crippen LogP contribution is 2.73. The second-order valence-electron chi connectivity index (χ2n) is 14.2. The van der Waals surface area contributed by atoms with Crippen LogP contribution in [0.5, 0.6) is 0 Å². The van der Waals surface area contributed by atoms with Crippen molar-refractivity contribution in [1.82, 2.24) is 0 Å². The zero-order chi connectivity index (χ0) is 24.1. The summed E-state index contributed by atoms with van der Waals surface area (Å²) in [5.74, 6) is 2.16. The van der Waals surface area contributed by atoms with Crippen LogP contribution in [0.4, 0.5) is 0 Å². The van der Waals surface area contributed by atoms with Crippen LogP contribution >= 0.6 is 0 Å². The van der Waals surface area contributed by atoms with Crippen LogP contribution in [0, 0.1) is 29.1 Å². The summed E-state index contributed by atoms with van der Waals surface area (Å²) in [5, 5.41) is 0.159. The Balaban J connectivity index is 1.91. The fraction of sp³-hybridized carbons (Fsp3) is 0.815. The summed E-state index contributed by atoms with van der Waals surface area (Å²) in [5.41, 5.74) is 2.38. The molecule has 0 amide bonds. The quantitative estimate of drug-likeness (QED) is 0.407. The summed E-state index contributed by atoms with van der Waals surface area (Å²) in [7, 11) is -3.89. The molecule has 0 saturated heterocycles. The number of hydrogen-bond acceptors (Lipinski definition) is 3. The van der Waals surface area contributed by atoms with Gasteiger partial charge in [0.1, 0.15) is 0 Å². The Morgan fingerprint density at radius 3 is 2.25 bits per heavy atom. The fourth-order valence-electron chi connectivity index (χ4n) is 6.95. The van der Waals surface area contributed by atoms with Crippen LogP contribution in [0.3, 0.4) is 0 Å². The Hall–Kier alpha value is -0.496. The molecule has 0 aromatic heterocycles. The van der Waals surface area contributed by atoms with E-state index in [4.69, 9.17) is 8.85 Å². The molecule has 2 saturated carbocycles. The molecule has 32 heavy (non-hydrogen) atoms. The zero-order valence-corrected chi connectivity index (χ0v) is 24.4. The first-order valence-electron chi connectivity index (χ1n) is 12.7. The molecule has 4 rings (SSSR count). The topological polar surface area (TPSA) is 35.5 Å². The molecule has 0 spiro atoms. The SMILES string of the molecule is C[C@@H]1C=C2CC(=O)C=C2[C@@]2(O[Si](C)(C)C)CC[C@@H]3[C@H]([C@@H]2[C@@H]1O[Si](C)(C)C(C)(C)C)C3(C)C. The van der Waals surface area contributed by atoms with Gasteiger partial charge in [0.25, 0.3) is 0 Å². The highest BCUT2D eigenvalue weighted by Gasteiger charge is 2.72. The maximum Gasteiger partial charge on any atom is 0.192 e. The lowest BCUT2D eigenvalue weighted by Crippen LogP contribution is -2.58. The number of allylic oxidation sites excluding steroid dienone is 1. The molecule has 4 aliphatic carbocycles. The minimum Gasteiger partial charge on any atom is -0.413 e. The van der Waals surface area contributed by atoms with Crippen molar-refractivity contribution in [3.63, 3.8) is 0 Å². The van der Waals surface area contributed by atoms with E-state index in [1.165, 1.54) is 17.6 Å². The van der Waals surface area contributed by atoms with Crippen LogP contribution < -0.4 is 0 Å². The van der Waals surface area contributed by atoms with E-state index < -0.39 is 16.6 Å². The molecular weight excluding hydrogens is 428 g/mol. The largest absolute Gasteiger partial charge is 0.413 e. The Morgan fingerprint density at radius 1 is 1.06 bits per heavy atom. The van der Waals surface area contributed by atoms with Crippen molar-refractivity contribution in [1.29, 1.82) is 0 Å². The van der Waals surface area contributed by atoms with Crippen LogP contribution in [0.1, 0.15) is 60.8 Å². The van der Waals surface area contributed by atoms with Gasteiger partial charge in [0.15, 0.2) is 22.4 Å². The van der Waals surface area contributed by atoms with Crippen molar-refractivity contribution in [3.8, 4) is 0 Å². The molecule has 0 heterocycles. The van der Waals surface area contributed by atoms with Crippen molar-refractivity contribution < 1.29 is 13.6 Å². The second kappa shape index (κ2) is 7.25. The van der Waals surface area contributed by atoms with Gasteiger partial charge in [-0.3, -0.25) is 4.79 Å². The summed E-state index contributed by atoms with van der Waals surface area (Å²) in [6.45, 7) is 26.0. The normalized spacial score (nSPS) is 38.8. The molecule has 0 N–H and O–H groups in total. The molecule has 0 aromatic carbocycles. The molecule has 180 valence electrons. The lowest BCUT2D eigenvalue weighted by atomic mass is 9.67. The summed E-state index contributed by atoms with van der Waals surface area (Å²) < 4.78 is 14.6. The molecule has 0 aromatic rings. The summed E-state index contributed by atoms with van der Waals surface area (Å²) in [4.78, 5) is 12.7. The highest BCUT2D eigenvalue weighted by atomic mass is 28.4. The molecule has 0 radical (unpaired) electrons. The van der Waals surface area contributed by atoms with Gasteiger partial charge in [-0.2, -0.15) is 0 Å². The van der Waals surface area contributed by atoms with Gasteiger partial charge in [0.2, 0.25) is 0 Å². The minimum absolute atomic E-state index is 0.135. The Kier molecular flexibility index (Phi) is 5.58. The number of rotatable bonds is 4. The first kappa shape index (κ1) is 24.6. The number of carbonyl (C=O) groups is 1. The van der Waals surface area contributed by atoms with Gasteiger partial charge in [-0.1, -0.05) is 47.6 Å². The Morgan fingerprint density at radius 2 is 1.69 bits per heavy atom.